The molecule has 1 aromatic heterocycles. The van der Waals surface area contributed by atoms with Crippen LogP contribution in [0.1, 0.15) is 49.4 Å². The van der Waals surface area contributed by atoms with Gasteiger partial charge in [-0.05, 0) is 48.1 Å². The lowest BCUT2D eigenvalue weighted by atomic mass is 9.75. The molecule has 0 radical (unpaired) electrons. The van der Waals surface area contributed by atoms with Crippen LogP contribution in [-0.4, -0.2) is 16.3 Å². The van der Waals surface area contributed by atoms with Gasteiger partial charge in [0.2, 0.25) is 0 Å². The van der Waals surface area contributed by atoms with Crippen LogP contribution in [0.3, 0.4) is 0 Å². The highest BCUT2D eigenvalue weighted by atomic mass is 19.1. The van der Waals surface area contributed by atoms with Crippen molar-refractivity contribution in [2.75, 3.05) is 0 Å². The standard InChI is InChI=1S/C25H23F2N3O2/c1-24(2)17-11-12-25(24,28-23(31)32-14-15-7-4-3-5-8-15)22-16(17)13-20(29-30-22)21-18(26)9-6-10-19(21)27/h3-10,13,17H,11-12,14H2,1-2H3,(H,28,31)/t17-,25?/m1/s1. The highest BCUT2D eigenvalue weighted by molar-refractivity contribution is 5.71. The number of amides is 1. The molecule has 2 aliphatic carbocycles. The van der Waals surface area contributed by atoms with E-state index in [4.69, 9.17) is 4.74 Å². The number of hydrogen-bond donors (Lipinski definition) is 1. The first kappa shape index (κ1) is 20.5. The van der Waals surface area contributed by atoms with Crippen LogP contribution >= 0.6 is 0 Å². The molecule has 0 spiro atoms. The first-order valence-corrected chi connectivity index (χ1v) is 10.6. The second kappa shape index (κ2) is 7.36. The summed E-state index contributed by atoms with van der Waals surface area (Å²) in [6.45, 7) is 4.32. The van der Waals surface area contributed by atoms with E-state index >= 15 is 0 Å². The van der Waals surface area contributed by atoms with E-state index in [0.29, 0.717) is 12.1 Å². The number of ether oxygens (including phenoxy) is 1. The van der Waals surface area contributed by atoms with Crippen molar-refractivity contribution >= 4 is 6.09 Å². The number of benzene rings is 2. The number of hydrogen-bond acceptors (Lipinski definition) is 4. The minimum atomic E-state index is -0.750. The molecule has 2 bridgehead atoms. The Morgan fingerprint density at radius 1 is 1.09 bits per heavy atom. The number of aromatic nitrogens is 2. The van der Waals surface area contributed by atoms with E-state index in [1.54, 1.807) is 6.07 Å². The summed E-state index contributed by atoms with van der Waals surface area (Å²) in [5.74, 6) is -1.28. The number of rotatable bonds is 4. The van der Waals surface area contributed by atoms with Crippen molar-refractivity contribution in [1.29, 1.82) is 0 Å². The number of fused-ring (bicyclic) bond motifs is 5. The molecule has 0 aliphatic heterocycles. The molecule has 5 nitrogen and oxygen atoms in total. The van der Waals surface area contributed by atoms with Crippen LogP contribution in [0, 0.1) is 17.0 Å². The molecule has 7 heteroatoms. The minimum absolute atomic E-state index is 0.0796. The van der Waals surface area contributed by atoms with E-state index in [0.717, 1.165) is 17.5 Å². The summed E-state index contributed by atoms with van der Waals surface area (Å²) in [7, 11) is 0. The summed E-state index contributed by atoms with van der Waals surface area (Å²) in [6.07, 6.45) is 0.991. The Hall–Kier alpha value is -3.35. The molecule has 1 unspecified atom stereocenters. The SMILES string of the molecule is CC1(C)[C@@H]2CCC1(NC(=O)OCc1ccccc1)c1nnc(-c3c(F)cccc3F)cc12. The monoisotopic (exact) mass is 435 g/mol. The second-order valence-electron chi connectivity index (χ2n) is 9.04. The molecule has 0 saturated heterocycles. The zero-order chi connectivity index (χ0) is 22.5. The van der Waals surface area contributed by atoms with E-state index in [-0.39, 0.29) is 29.2 Å². The van der Waals surface area contributed by atoms with Crippen LogP contribution in [-0.2, 0) is 16.9 Å². The van der Waals surface area contributed by atoms with Crippen LogP contribution in [0.4, 0.5) is 13.6 Å². The molecule has 1 fully saturated rings. The van der Waals surface area contributed by atoms with Gasteiger partial charge in [0, 0.05) is 5.41 Å². The van der Waals surface area contributed by atoms with Crippen molar-refractivity contribution in [2.45, 2.75) is 44.8 Å². The molecule has 2 aliphatic rings. The van der Waals surface area contributed by atoms with Crippen molar-refractivity contribution in [3.8, 4) is 11.3 Å². The summed E-state index contributed by atoms with van der Waals surface area (Å²) in [4.78, 5) is 12.7. The number of carbonyl (C=O) groups excluding carboxylic acids is 1. The van der Waals surface area contributed by atoms with E-state index in [1.165, 1.54) is 18.2 Å². The highest BCUT2D eigenvalue weighted by Crippen LogP contribution is 2.66. The van der Waals surface area contributed by atoms with Gasteiger partial charge in [0.15, 0.2) is 0 Å². The van der Waals surface area contributed by atoms with Crippen molar-refractivity contribution in [1.82, 2.24) is 15.5 Å². The van der Waals surface area contributed by atoms with Gasteiger partial charge in [-0.2, -0.15) is 5.10 Å². The largest absolute Gasteiger partial charge is 0.445 e. The van der Waals surface area contributed by atoms with Gasteiger partial charge in [-0.25, -0.2) is 13.6 Å². The van der Waals surface area contributed by atoms with Gasteiger partial charge in [-0.3, -0.25) is 0 Å². The quantitative estimate of drug-likeness (QED) is 0.591. The zero-order valence-electron chi connectivity index (χ0n) is 17.9. The fraction of sp³-hybridized carbons (Fsp3) is 0.320. The molecule has 1 heterocycles. The van der Waals surface area contributed by atoms with Gasteiger partial charge in [-0.1, -0.05) is 50.2 Å². The Balaban J connectivity index is 1.46. The summed E-state index contributed by atoms with van der Waals surface area (Å²) in [6, 6.07) is 14.9. The zero-order valence-corrected chi connectivity index (χ0v) is 17.9. The van der Waals surface area contributed by atoms with E-state index in [9.17, 15) is 13.6 Å². The number of alkyl carbamates (subject to hydrolysis) is 1. The normalized spacial score (nSPS) is 22.4. The maximum atomic E-state index is 14.3. The van der Waals surface area contributed by atoms with Crippen molar-refractivity contribution in [2.24, 2.45) is 5.41 Å². The molecular weight excluding hydrogens is 412 g/mol. The Morgan fingerprint density at radius 2 is 1.81 bits per heavy atom. The first-order valence-electron chi connectivity index (χ1n) is 10.6. The number of carbonyl (C=O) groups is 1. The Bertz CT molecular complexity index is 1180. The maximum Gasteiger partial charge on any atom is 0.408 e. The number of nitrogens with one attached hydrogen (secondary N) is 1. The smallest absolute Gasteiger partial charge is 0.408 e. The minimum Gasteiger partial charge on any atom is -0.445 e. The van der Waals surface area contributed by atoms with Gasteiger partial charge in [0.1, 0.15) is 18.2 Å². The van der Waals surface area contributed by atoms with Crippen molar-refractivity contribution in [3.63, 3.8) is 0 Å². The van der Waals surface area contributed by atoms with E-state index in [1.807, 2.05) is 30.3 Å². The van der Waals surface area contributed by atoms with Crippen LogP contribution in [0.5, 0.6) is 0 Å². The third kappa shape index (κ3) is 2.98. The molecule has 1 N–H and O–H groups in total. The maximum absolute atomic E-state index is 14.3. The molecule has 3 aromatic rings. The van der Waals surface area contributed by atoms with Gasteiger partial charge in [0.05, 0.1) is 22.5 Å². The van der Waals surface area contributed by atoms with Gasteiger partial charge in [0.25, 0.3) is 0 Å². The van der Waals surface area contributed by atoms with Crippen LogP contribution in [0.2, 0.25) is 0 Å². The lowest BCUT2D eigenvalue weighted by Gasteiger charge is -2.38. The predicted octanol–water partition coefficient (Wildman–Crippen LogP) is 5.46. The average Bonchev–Trinajstić information content (AvgIpc) is 3.12. The average molecular weight is 435 g/mol. The van der Waals surface area contributed by atoms with Crippen LogP contribution in [0.15, 0.2) is 54.6 Å². The number of halogens is 2. The topological polar surface area (TPSA) is 64.1 Å². The van der Waals surface area contributed by atoms with Gasteiger partial charge >= 0.3 is 6.09 Å². The third-order valence-electron chi connectivity index (χ3n) is 7.13. The third-order valence-corrected chi connectivity index (χ3v) is 7.13. The molecule has 2 atom stereocenters. The lowest BCUT2D eigenvalue weighted by Crippen LogP contribution is -2.51. The fourth-order valence-electron chi connectivity index (χ4n) is 5.39. The van der Waals surface area contributed by atoms with E-state index < -0.39 is 23.3 Å². The predicted molar refractivity (Wildman–Crippen MR) is 115 cm³/mol. The summed E-state index contributed by atoms with van der Waals surface area (Å²) in [5.41, 5.74) is 1.28. The summed E-state index contributed by atoms with van der Waals surface area (Å²) < 4.78 is 34.1. The number of nitrogens with zero attached hydrogens (tertiary/aromatic N) is 2. The van der Waals surface area contributed by atoms with Gasteiger partial charge in [-0.15, -0.1) is 5.10 Å². The molecule has 32 heavy (non-hydrogen) atoms. The Labute approximate surface area is 184 Å². The van der Waals surface area contributed by atoms with Gasteiger partial charge < -0.3 is 10.1 Å². The second-order valence-corrected chi connectivity index (χ2v) is 9.04. The molecule has 1 amide bonds. The molecule has 1 saturated carbocycles. The van der Waals surface area contributed by atoms with Crippen LogP contribution < -0.4 is 5.32 Å². The fourth-order valence-corrected chi connectivity index (χ4v) is 5.39. The molecular formula is C25H23F2N3O2. The highest BCUT2D eigenvalue weighted by Gasteiger charge is 2.64. The Kier molecular flexibility index (Phi) is 4.73. The molecule has 5 rings (SSSR count). The van der Waals surface area contributed by atoms with E-state index in [2.05, 4.69) is 29.4 Å². The lowest BCUT2D eigenvalue weighted by molar-refractivity contribution is 0.100. The molecule has 164 valence electrons. The molecule has 2 aromatic carbocycles. The Morgan fingerprint density at radius 3 is 2.53 bits per heavy atom. The van der Waals surface area contributed by atoms with Crippen molar-refractivity contribution in [3.05, 3.63) is 83.1 Å². The van der Waals surface area contributed by atoms with Crippen molar-refractivity contribution < 1.29 is 18.3 Å². The van der Waals surface area contributed by atoms with Crippen LogP contribution in [0.25, 0.3) is 11.3 Å². The summed E-state index contributed by atoms with van der Waals surface area (Å²) in [5, 5.41) is 11.6. The summed E-state index contributed by atoms with van der Waals surface area (Å²) >= 11 is 0. The first-order chi connectivity index (χ1) is 15.3.